The van der Waals surface area contributed by atoms with Crippen molar-refractivity contribution < 1.29 is 9.53 Å². The minimum Gasteiger partial charge on any atom is -0.383 e. The van der Waals surface area contributed by atoms with Crippen molar-refractivity contribution in [1.29, 1.82) is 0 Å². The van der Waals surface area contributed by atoms with E-state index in [1.54, 1.807) is 7.11 Å². The average molecular weight is 274 g/mol. The van der Waals surface area contributed by atoms with Gasteiger partial charge in [-0.3, -0.25) is 0 Å². The molecule has 1 aliphatic heterocycles. The highest BCUT2D eigenvalue weighted by Crippen LogP contribution is 2.43. The van der Waals surface area contributed by atoms with Crippen LogP contribution >= 0.6 is 0 Å². The fraction of sp³-hybridized carbons (Fsp3) is 0.562. The van der Waals surface area contributed by atoms with E-state index in [0.29, 0.717) is 31.2 Å². The summed E-state index contributed by atoms with van der Waals surface area (Å²) in [6.07, 6.45) is 2.25. The fourth-order valence-electron chi connectivity index (χ4n) is 3.78. The highest BCUT2D eigenvalue weighted by molar-refractivity contribution is 5.78. The zero-order valence-electron chi connectivity index (χ0n) is 12.2. The number of urea groups is 1. The molecule has 0 N–H and O–H groups in total. The molecule has 108 valence electrons. The molecule has 4 nitrogen and oxygen atoms in total. The molecule has 1 saturated heterocycles. The first-order valence-corrected chi connectivity index (χ1v) is 7.31. The van der Waals surface area contributed by atoms with Crippen LogP contribution in [0.2, 0.25) is 0 Å². The van der Waals surface area contributed by atoms with Crippen LogP contribution in [-0.2, 0) is 4.74 Å². The summed E-state index contributed by atoms with van der Waals surface area (Å²) in [4.78, 5) is 16.3. The number of fused-ring (bicyclic) bond motifs is 1. The molecule has 0 bridgehead atoms. The third-order valence-corrected chi connectivity index (χ3v) is 4.75. The number of methoxy groups -OCH3 is 1. The quantitative estimate of drug-likeness (QED) is 0.844. The van der Waals surface area contributed by atoms with E-state index in [2.05, 4.69) is 24.3 Å². The van der Waals surface area contributed by atoms with Crippen LogP contribution in [0.15, 0.2) is 30.3 Å². The highest BCUT2D eigenvalue weighted by Gasteiger charge is 2.51. The van der Waals surface area contributed by atoms with Crippen LogP contribution in [-0.4, -0.2) is 55.2 Å². The Bertz CT molecular complexity index is 477. The summed E-state index contributed by atoms with van der Waals surface area (Å²) in [5.74, 6) is 0.451. The standard InChI is InChI=1S/C16H22N2O2/c1-17-14-9-8-13(12-6-4-3-5-7-12)15(14)18(16(17)19)10-11-20-2/h3-7,13-15H,8-11H2,1-2H3/t13-,14-,15+/m0/s1. The predicted octanol–water partition coefficient (Wildman–Crippen LogP) is 2.32. The Morgan fingerprint density at radius 1 is 1.25 bits per heavy atom. The summed E-state index contributed by atoms with van der Waals surface area (Å²) in [6.45, 7) is 1.29. The molecular formula is C16H22N2O2. The fourth-order valence-corrected chi connectivity index (χ4v) is 3.78. The number of likely N-dealkylation sites (N-methyl/N-ethyl adjacent to an activating group) is 1. The van der Waals surface area contributed by atoms with Gasteiger partial charge in [0.25, 0.3) is 0 Å². The maximum atomic E-state index is 12.4. The molecule has 0 spiro atoms. The lowest BCUT2D eigenvalue weighted by Crippen LogP contribution is -2.39. The highest BCUT2D eigenvalue weighted by atomic mass is 16.5. The van der Waals surface area contributed by atoms with Crippen molar-refractivity contribution >= 4 is 6.03 Å². The van der Waals surface area contributed by atoms with E-state index in [1.807, 2.05) is 22.9 Å². The summed E-state index contributed by atoms with van der Waals surface area (Å²) in [6, 6.07) is 11.4. The van der Waals surface area contributed by atoms with E-state index in [0.717, 1.165) is 12.8 Å². The smallest absolute Gasteiger partial charge is 0.320 e. The lowest BCUT2D eigenvalue weighted by molar-refractivity contribution is 0.140. The molecule has 2 aliphatic rings. The first kappa shape index (κ1) is 13.4. The maximum Gasteiger partial charge on any atom is 0.320 e. The van der Waals surface area contributed by atoms with Crippen molar-refractivity contribution in [3.63, 3.8) is 0 Å². The number of nitrogens with zero attached hydrogens (tertiary/aromatic N) is 2. The molecule has 0 radical (unpaired) electrons. The lowest BCUT2D eigenvalue weighted by atomic mass is 9.93. The number of hydrogen-bond donors (Lipinski definition) is 0. The Morgan fingerprint density at radius 3 is 2.70 bits per heavy atom. The first-order valence-electron chi connectivity index (χ1n) is 7.31. The molecule has 1 aliphatic carbocycles. The van der Waals surface area contributed by atoms with Crippen LogP contribution in [0.5, 0.6) is 0 Å². The van der Waals surface area contributed by atoms with Crippen LogP contribution in [0.3, 0.4) is 0 Å². The van der Waals surface area contributed by atoms with Crippen molar-refractivity contribution in [3.8, 4) is 0 Å². The molecule has 2 fully saturated rings. The molecular weight excluding hydrogens is 252 g/mol. The van der Waals surface area contributed by atoms with Gasteiger partial charge < -0.3 is 14.5 Å². The van der Waals surface area contributed by atoms with E-state index in [-0.39, 0.29) is 6.03 Å². The molecule has 1 aromatic carbocycles. The van der Waals surface area contributed by atoms with Crippen LogP contribution < -0.4 is 0 Å². The van der Waals surface area contributed by atoms with Crippen LogP contribution in [0.4, 0.5) is 4.79 Å². The van der Waals surface area contributed by atoms with Crippen LogP contribution in [0.25, 0.3) is 0 Å². The van der Waals surface area contributed by atoms with Gasteiger partial charge >= 0.3 is 6.03 Å². The summed E-state index contributed by atoms with van der Waals surface area (Å²) in [5.41, 5.74) is 1.35. The second kappa shape index (κ2) is 5.44. The lowest BCUT2D eigenvalue weighted by Gasteiger charge is -2.28. The van der Waals surface area contributed by atoms with Gasteiger partial charge in [-0.2, -0.15) is 0 Å². The zero-order chi connectivity index (χ0) is 14.1. The van der Waals surface area contributed by atoms with E-state index in [4.69, 9.17) is 4.74 Å². The monoisotopic (exact) mass is 274 g/mol. The molecule has 3 atom stereocenters. The number of carbonyl (C=O) groups excluding carboxylic acids is 1. The Hall–Kier alpha value is -1.55. The number of benzene rings is 1. The van der Waals surface area contributed by atoms with Gasteiger partial charge in [0.05, 0.1) is 18.7 Å². The number of amides is 2. The average Bonchev–Trinajstić information content (AvgIpc) is 3.00. The third-order valence-electron chi connectivity index (χ3n) is 4.75. The minimum atomic E-state index is 0.151. The molecule has 20 heavy (non-hydrogen) atoms. The number of carbonyl (C=O) groups is 1. The summed E-state index contributed by atoms with van der Waals surface area (Å²) in [5, 5.41) is 0. The molecule has 0 unspecified atom stereocenters. The van der Waals surface area contributed by atoms with Gasteiger partial charge in [-0.1, -0.05) is 30.3 Å². The topological polar surface area (TPSA) is 32.8 Å². The second-order valence-corrected chi connectivity index (χ2v) is 5.73. The largest absolute Gasteiger partial charge is 0.383 e. The Kier molecular flexibility index (Phi) is 3.66. The first-order chi connectivity index (χ1) is 9.74. The molecule has 1 saturated carbocycles. The number of ether oxygens (including phenoxy) is 1. The molecule has 1 heterocycles. The molecule has 3 rings (SSSR count). The Morgan fingerprint density at radius 2 is 2.00 bits per heavy atom. The van der Waals surface area contributed by atoms with Gasteiger partial charge in [0.1, 0.15) is 0 Å². The summed E-state index contributed by atoms with van der Waals surface area (Å²) in [7, 11) is 3.62. The second-order valence-electron chi connectivity index (χ2n) is 5.73. The molecule has 4 heteroatoms. The third kappa shape index (κ3) is 2.08. The van der Waals surface area contributed by atoms with Crippen molar-refractivity contribution in [2.45, 2.75) is 30.8 Å². The summed E-state index contributed by atoms with van der Waals surface area (Å²) >= 11 is 0. The molecule has 1 aromatic rings. The van der Waals surface area contributed by atoms with E-state index >= 15 is 0 Å². The SMILES string of the molecule is COCCN1C(=O)N(C)[C@H]2CC[C@@H](c3ccccc3)[C@H]21. The van der Waals surface area contributed by atoms with E-state index < -0.39 is 0 Å². The Labute approximate surface area is 120 Å². The van der Waals surface area contributed by atoms with Crippen molar-refractivity contribution in [2.75, 3.05) is 27.3 Å². The molecule has 2 amide bonds. The van der Waals surface area contributed by atoms with Gasteiger partial charge in [0.15, 0.2) is 0 Å². The maximum absolute atomic E-state index is 12.4. The number of rotatable bonds is 4. The summed E-state index contributed by atoms with van der Waals surface area (Å²) < 4.78 is 5.16. The van der Waals surface area contributed by atoms with Crippen LogP contribution in [0.1, 0.15) is 24.3 Å². The van der Waals surface area contributed by atoms with Gasteiger partial charge in [-0.15, -0.1) is 0 Å². The predicted molar refractivity (Wildman–Crippen MR) is 77.7 cm³/mol. The zero-order valence-corrected chi connectivity index (χ0v) is 12.2. The van der Waals surface area contributed by atoms with Gasteiger partial charge in [0, 0.05) is 26.6 Å². The van der Waals surface area contributed by atoms with Crippen molar-refractivity contribution in [2.24, 2.45) is 0 Å². The van der Waals surface area contributed by atoms with Gasteiger partial charge in [0.2, 0.25) is 0 Å². The van der Waals surface area contributed by atoms with Gasteiger partial charge in [-0.05, 0) is 18.4 Å². The Balaban J connectivity index is 1.87. The van der Waals surface area contributed by atoms with Gasteiger partial charge in [-0.25, -0.2) is 4.79 Å². The van der Waals surface area contributed by atoms with Crippen LogP contribution in [0, 0.1) is 0 Å². The van der Waals surface area contributed by atoms with E-state index in [1.165, 1.54) is 5.56 Å². The minimum absolute atomic E-state index is 0.151. The normalized spacial score (nSPS) is 29.1. The van der Waals surface area contributed by atoms with Crippen molar-refractivity contribution in [1.82, 2.24) is 9.80 Å². The molecule has 0 aromatic heterocycles. The van der Waals surface area contributed by atoms with E-state index in [9.17, 15) is 4.79 Å². The van der Waals surface area contributed by atoms with Crippen molar-refractivity contribution in [3.05, 3.63) is 35.9 Å². The number of hydrogen-bond acceptors (Lipinski definition) is 2.